The molecule has 0 saturated heterocycles. The third kappa shape index (κ3) is 7.00. The van der Waals surface area contributed by atoms with Crippen LogP contribution in [0.25, 0.3) is 0 Å². The number of hydrogen-bond acceptors (Lipinski definition) is 0. The van der Waals surface area contributed by atoms with Gasteiger partial charge in [-0.05, 0) is 47.8 Å². The molecule has 3 heteroatoms. The first-order valence-corrected chi connectivity index (χ1v) is 3.80. The van der Waals surface area contributed by atoms with E-state index < -0.39 is 2.14 Å². The van der Waals surface area contributed by atoms with Crippen molar-refractivity contribution < 1.29 is 0 Å². The lowest BCUT2D eigenvalue weighted by molar-refractivity contribution is 1.78. The molecule has 0 heterocycles. The summed E-state index contributed by atoms with van der Waals surface area (Å²) in [6, 6.07) is 0. The molecule has 0 saturated carbocycles. The van der Waals surface area contributed by atoms with E-state index in [1.165, 1.54) is 0 Å². The number of rotatable bonds is 0. The lowest BCUT2D eigenvalue weighted by atomic mass is 10.7. The van der Waals surface area contributed by atoms with Gasteiger partial charge >= 0.3 is 0 Å². The fourth-order valence-corrected chi connectivity index (χ4v) is 0.521. The van der Waals surface area contributed by atoms with Crippen molar-refractivity contribution >= 4 is 47.8 Å². The van der Waals surface area contributed by atoms with Crippen LogP contribution in [-0.4, -0.2) is 2.14 Å². The van der Waals surface area contributed by atoms with E-state index in [1.807, 2.05) is 0 Å². The van der Waals surface area contributed by atoms with Gasteiger partial charge in [-0.3, -0.25) is 0 Å². The molecule has 0 N–H and O–H groups in total. The van der Waals surface area contributed by atoms with Gasteiger partial charge in [0.2, 0.25) is 0 Å². The van der Waals surface area contributed by atoms with Crippen molar-refractivity contribution in [2.75, 3.05) is 0 Å². The molecule has 7 heavy (non-hydrogen) atoms. The van der Waals surface area contributed by atoms with Crippen LogP contribution >= 0.6 is 47.8 Å². The normalized spacial score (nSPS) is 9.71. The monoisotopic (exact) mass is 287 g/mol. The second-order valence-electron chi connectivity index (χ2n) is 0.800. The fraction of sp³-hybridized carbons (Fsp3) is 0.250. The molecule has 0 nitrogen and oxygen atoms in total. The lowest BCUT2D eigenvalue weighted by Gasteiger charge is -1.97. The van der Waals surface area contributed by atoms with Gasteiger partial charge in [-0.25, -0.2) is 0 Å². The molecule has 0 aliphatic carbocycles. The summed E-state index contributed by atoms with van der Waals surface area (Å²) >= 11 is 9.48. The van der Waals surface area contributed by atoms with Crippen molar-refractivity contribution in [3.05, 3.63) is 6.92 Å². The minimum atomic E-state index is -0.436. The Hall–Kier alpha value is 1.00. The van der Waals surface area contributed by atoms with Gasteiger partial charge < -0.3 is 0 Å². The van der Waals surface area contributed by atoms with Crippen LogP contribution < -0.4 is 0 Å². The van der Waals surface area contributed by atoms with E-state index in [-0.39, 0.29) is 0 Å². The van der Waals surface area contributed by atoms with Crippen LogP contribution in [0.15, 0.2) is 0 Å². The van der Waals surface area contributed by atoms with Crippen molar-refractivity contribution in [1.29, 1.82) is 0 Å². The first-order valence-electron chi connectivity index (χ1n) is 1.42. The Labute approximate surface area is 68.4 Å². The zero-order valence-electron chi connectivity index (χ0n) is 3.34. The third-order valence-corrected chi connectivity index (χ3v) is 0.825. The molecule has 0 unspecified atom stereocenters. The van der Waals surface area contributed by atoms with Crippen molar-refractivity contribution in [3.63, 3.8) is 0 Å². The van der Waals surface area contributed by atoms with Crippen LogP contribution in [0, 0.1) is 18.8 Å². The van der Waals surface area contributed by atoms with Crippen molar-refractivity contribution in [1.82, 2.24) is 0 Å². The molecule has 0 spiro atoms. The number of hydrogen-bond donors (Lipinski definition) is 0. The molecule has 0 atom stereocenters. The Kier molecular flexibility index (Phi) is 3.56. The van der Waals surface area contributed by atoms with E-state index in [0.717, 1.165) is 0 Å². The Morgan fingerprint density at radius 1 is 1.29 bits per heavy atom. The molecule has 0 aromatic heterocycles. The summed E-state index contributed by atoms with van der Waals surface area (Å²) in [5.74, 6) is 5.14. The van der Waals surface area contributed by atoms with Gasteiger partial charge in [0.05, 0.1) is 0 Å². The Morgan fingerprint density at radius 2 is 1.71 bits per heavy atom. The van der Waals surface area contributed by atoms with Crippen LogP contribution in [0.5, 0.6) is 0 Å². The van der Waals surface area contributed by atoms with Crippen LogP contribution in [0.1, 0.15) is 0 Å². The first kappa shape index (κ1) is 8.00. The van der Waals surface area contributed by atoms with E-state index in [1.54, 1.807) is 0 Å². The molecule has 1 radical (unpaired) electrons. The highest BCUT2D eigenvalue weighted by atomic mass is 80.0. The predicted molar refractivity (Wildman–Crippen MR) is 42.6 cm³/mol. The zero-order chi connectivity index (χ0) is 5.91. The summed E-state index contributed by atoms with van der Waals surface area (Å²) in [5.41, 5.74) is 0. The van der Waals surface area contributed by atoms with E-state index in [4.69, 9.17) is 0 Å². The van der Waals surface area contributed by atoms with Crippen LogP contribution in [0.4, 0.5) is 0 Å². The maximum absolute atomic E-state index is 3.32. The fourth-order valence-electron chi connectivity index (χ4n) is 0.100. The Morgan fingerprint density at radius 3 is 1.71 bits per heavy atom. The highest BCUT2D eigenvalue weighted by molar-refractivity contribution is 9.39. The molecule has 0 aliphatic rings. The second-order valence-corrected chi connectivity index (χ2v) is 7.56. The topological polar surface area (TPSA) is 0 Å². The van der Waals surface area contributed by atoms with Gasteiger partial charge in [0.25, 0.3) is 0 Å². The SMILES string of the molecule is [CH2]C#CC(Br)(Br)Br. The molecule has 0 rings (SSSR count). The molecule has 0 aromatic carbocycles. The summed E-state index contributed by atoms with van der Waals surface area (Å²) in [5, 5.41) is 0. The first-order chi connectivity index (χ1) is 3.06. The van der Waals surface area contributed by atoms with E-state index >= 15 is 0 Å². The molecule has 39 valence electrons. The average molecular weight is 290 g/mol. The summed E-state index contributed by atoms with van der Waals surface area (Å²) in [4.78, 5) is 0. The van der Waals surface area contributed by atoms with Gasteiger partial charge in [-0.15, -0.1) is 0 Å². The molecular weight excluding hydrogens is 288 g/mol. The Bertz CT molecular complexity index is 100. The van der Waals surface area contributed by atoms with Gasteiger partial charge in [-0.1, -0.05) is 11.8 Å². The van der Waals surface area contributed by atoms with Gasteiger partial charge in [0.15, 0.2) is 2.14 Å². The van der Waals surface area contributed by atoms with Crippen LogP contribution in [0.3, 0.4) is 0 Å². The lowest BCUT2D eigenvalue weighted by Crippen LogP contribution is -1.90. The predicted octanol–water partition coefficient (Wildman–Crippen LogP) is 2.66. The molecule has 0 aromatic rings. The molecule has 0 bridgehead atoms. The minimum absolute atomic E-state index is 0.436. The minimum Gasteiger partial charge on any atom is -0.0990 e. The molecule has 0 aliphatic heterocycles. The van der Waals surface area contributed by atoms with Crippen molar-refractivity contribution in [3.8, 4) is 11.8 Å². The van der Waals surface area contributed by atoms with Crippen LogP contribution in [0.2, 0.25) is 0 Å². The third-order valence-electron chi connectivity index (χ3n) is 0.230. The van der Waals surface area contributed by atoms with Gasteiger partial charge in [-0.2, -0.15) is 0 Å². The maximum Gasteiger partial charge on any atom is 0.194 e. The summed E-state index contributed by atoms with van der Waals surface area (Å²) < 4.78 is -0.436. The van der Waals surface area contributed by atoms with E-state index in [2.05, 4.69) is 66.6 Å². The molecule has 0 fully saturated rings. The number of alkyl halides is 3. The van der Waals surface area contributed by atoms with Crippen LogP contribution in [-0.2, 0) is 0 Å². The summed E-state index contributed by atoms with van der Waals surface area (Å²) in [6.07, 6.45) is 0. The van der Waals surface area contributed by atoms with Gasteiger partial charge in [0.1, 0.15) is 0 Å². The summed E-state index contributed by atoms with van der Waals surface area (Å²) in [7, 11) is 0. The van der Waals surface area contributed by atoms with Gasteiger partial charge in [0, 0.05) is 6.92 Å². The zero-order valence-corrected chi connectivity index (χ0v) is 8.10. The quantitative estimate of drug-likeness (QED) is 0.475. The van der Waals surface area contributed by atoms with E-state index in [0.29, 0.717) is 0 Å². The summed E-state index contributed by atoms with van der Waals surface area (Å²) in [6.45, 7) is 3.32. The smallest absolute Gasteiger partial charge is 0.0990 e. The van der Waals surface area contributed by atoms with Crippen molar-refractivity contribution in [2.45, 2.75) is 2.14 Å². The standard InChI is InChI=1S/C4H2Br3/c1-2-3-4(5,6)7/h1H2. The molecule has 0 amide bonds. The highest BCUT2D eigenvalue weighted by Crippen LogP contribution is 2.31. The Balaban J connectivity index is 3.72. The number of halogens is 3. The van der Waals surface area contributed by atoms with Crippen molar-refractivity contribution in [2.24, 2.45) is 0 Å². The highest BCUT2D eigenvalue weighted by Gasteiger charge is 2.10. The maximum atomic E-state index is 3.32. The molecular formula is C4H2Br3. The second kappa shape index (κ2) is 3.11. The average Bonchev–Trinajstić information content (AvgIpc) is 1.30. The largest absolute Gasteiger partial charge is 0.194 e. The van der Waals surface area contributed by atoms with E-state index in [9.17, 15) is 0 Å².